The van der Waals surface area contributed by atoms with Crippen LogP contribution in [0.25, 0.3) is 0 Å². The van der Waals surface area contributed by atoms with E-state index in [4.69, 9.17) is 16.3 Å². The number of halogens is 1. The van der Waals surface area contributed by atoms with Gasteiger partial charge < -0.3 is 10.1 Å². The number of aromatic nitrogens is 2. The molecule has 1 aromatic carbocycles. The number of rotatable bonds is 4. The largest absolute Gasteiger partial charge is 0.381 e. The Bertz CT molecular complexity index is 633. The molecule has 1 aromatic heterocycles. The molecular weight excluding hydrogens is 302 g/mol. The highest BCUT2D eigenvalue weighted by atomic mass is 35.5. The Labute approximate surface area is 134 Å². The molecule has 22 heavy (non-hydrogen) atoms. The number of nitrogens with one attached hydrogen (secondary N) is 1. The van der Waals surface area contributed by atoms with Gasteiger partial charge in [-0.1, -0.05) is 23.7 Å². The molecule has 0 bridgehead atoms. The van der Waals surface area contributed by atoms with Gasteiger partial charge in [0.15, 0.2) is 0 Å². The number of nitrogens with zero attached hydrogens (tertiary/aromatic N) is 2. The van der Waals surface area contributed by atoms with E-state index in [0.29, 0.717) is 30.6 Å². The van der Waals surface area contributed by atoms with Crippen LogP contribution in [0.4, 0.5) is 5.82 Å². The molecule has 1 N–H and O–H groups in total. The first kappa shape index (κ1) is 15.1. The van der Waals surface area contributed by atoms with Gasteiger partial charge in [0.2, 0.25) is 5.91 Å². The molecule has 0 spiro atoms. The fraction of sp³-hybridized carbons (Fsp3) is 0.375. The van der Waals surface area contributed by atoms with Gasteiger partial charge in [-0.25, -0.2) is 4.68 Å². The molecule has 1 amide bonds. The standard InChI is InChI=1S/C16H18ClN3O2/c17-14-3-1-12(2-4-14)11-20-15(5-8-18-20)19-16(21)13-6-9-22-10-7-13/h1-5,8,13H,6-7,9-11H2,(H,19,21). The van der Waals surface area contributed by atoms with E-state index < -0.39 is 0 Å². The van der Waals surface area contributed by atoms with Crippen molar-refractivity contribution < 1.29 is 9.53 Å². The van der Waals surface area contributed by atoms with Crippen LogP contribution in [-0.4, -0.2) is 28.9 Å². The van der Waals surface area contributed by atoms with Crippen molar-refractivity contribution in [3.63, 3.8) is 0 Å². The van der Waals surface area contributed by atoms with Crippen molar-refractivity contribution in [1.29, 1.82) is 0 Å². The SMILES string of the molecule is O=C(Nc1ccnn1Cc1ccc(Cl)cc1)C1CCOCC1. The van der Waals surface area contributed by atoms with Crippen molar-refractivity contribution in [2.75, 3.05) is 18.5 Å². The van der Waals surface area contributed by atoms with E-state index >= 15 is 0 Å². The van der Waals surface area contributed by atoms with Crippen LogP contribution in [0.3, 0.4) is 0 Å². The third-order valence-corrected chi connectivity index (χ3v) is 4.06. The number of ether oxygens (including phenoxy) is 1. The molecule has 0 saturated carbocycles. The van der Waals surface area contributed by atoms with Gasteiger partial charge in [0.1, 0.15) is 5.82 Å². The molecule has 0 atom stereocenters. The summed E-state index contributed by atoms with van der Waals surface area (Å²) in [5.41, 5.74) is 1.08. The summed E-state index contributed by atoms with van der Waals surface area (Å²) in [6.07, 6.45) is 3.24. The number of hydrogen-bond acceptors (Lipinski definition) is 3. The molecule has 0 unspecified atom stereocenters. The molecule has 0 radical (unpaired) electrons. The van der Waals surface area contributed by atoms with Crippen LogP contribution >= 0.6 is 11.6 Å². The molecule has 1 saturated heterocycles. The number of anilines is 1. The minimum absolute atomic E-state index is 0.0210. The van der Waals surface area contributed by atoms with Crippen molar-refractivity contribution in [3.05, 3.63) is 47.1 Å². The van der Waals surface area contributed by atoms with E-state index in [2.05, 4.69) is 10.4 Å². The Kier molecular flexibility index (Phi) is 4.75. The molecule has 0 aliphatic carbocycles. The lowest BCUT2D eigenvalue weighted by Crippen LogP contribution is -2.29. The van der Waals surface area contributed by atoms with E-state index in [1.54, 1.807) is 10.9 Å². The van der Waals surface area contributed by atoms with E-state index in [1.807, 2.05) is 30.3 Å². The second-order valence-corrected chi connectivity index (χ2v) is 5.81. The van der Waals surface area contributed by atoms with Crippen molar-refractivity contribution in [3.8, 4) is 0 Å². The average molecular weight is 320 g/mol. The van der Waals surface area contributed by atoms with Crippen molar-refractivity contribution in [2.45, 2.75) is 19.4 Å². The van der Waals surface area contributed by atoms with Gasteiger partial charge in [-0.15, -0.1) is 0 Å². The molecule has 1 aliphatic rings. The number of carbonyl (C=O) groups excluding carboxylic acids is 1. The Morgan fingerprint density at radius 1 is 1.27 bits per heavy atom. The first-order chi connectivity index (χ1) is 10.7. The lowest BCUT2D eigenvalue weighted by molar-refractivity contribution is -0.122. The molecule has 1 fully saturated rings. The fourth-order valence-electron chi connectivity index (χ4n) is 2.52. The maximum Gasteiger partial charge on any atom is 0.228 e. The highest BCUT2D eigenvalue weighted by molar-refractivity contribution is 6.30. The molecular formula is C16H18ClN3O2. The molecule has 3 rings (SSSR count). The smallest absolute Gasteiger partial charge is 0.228 e. The molecule has 2 heterocycles. The summed E-state index contributed by atoms with van der Waals surface area (Å²) in [5, 5.41) is 7.95. The summed E-state index contributed by atoms with van der Waals surface area (Å²) in [5.74, 6) is 0.778. The summed E-state index contributed by atoms with van der Waals surface area (Å²) in [7, 11) is 0. The van der Waals surface area contributed by atoms with Crippen LogP contribution < -0.4 is 5.32 Å². The molecule has 116 valence electrons. The Morgan fingerprint density at radius 3 is 2.73 bits per heavy atom. The summed E-state index contributed by atoms with van der Waals surface area (Å²) in [6, 6.07) is 9.41. The summed E-state index contributed by atoms with van der Waals surface area (Å²) in [6.45, 7) is 1.90. The summed E-state index contributed by atoms with van der Waals surface area (Å²) < 4.78 is 7.07. The molecule has 1 aliphatic heterocycles. The first-order valence-electron chi connectivity index (χ1n) is 7.37. The molecule has 6 heteroatoms. The highest BCUT2D eigenvalue weighted by Crippen LogP contribution is 2.18. The zero-order valence-corrected chi connectivity index (χ0v) is 12.9. The second-order valence-electron chi connectivity index (χ2n) is 5.38. The maximum atomic E-state index is 12.3. The van der Waals surface area contributed by atoms with Crippen molar-refractivity contribution >= 4 is 23.3 Å². The van der Waals surface area contributed by atoms with Gasteiger partial charge in [-0.2, -0.15) is 5.10 Å². The van der Waals surface area contributed by atoms with Crippen molar-refractivity contribution in [1.82, 2.24) is 9.78 Å². The number of amides is 1. The van der Waals surface area contributed by atoms with Crippen LogP contribution in [0.1, 0.15) is 18.4 Å². The van der Waals surface area contributed by atoms with Crippen molar-refractivity contribution in [2.24, 2.45) is 5.92 Å². The number of hydrogen-bond donors (Lipinski definition) is 1. The highest BCUT2D eigenvalue weighted by Gasteiger charge is 2.22. The topological polar surface area (TPSA) is 56.2 Å². The zero-order chi connectivity index (χ0) is 15.4. The normalized spacial score (nSPS) is 15.7. The van der Waals surface area contributed by atoms with Gasteiger partial charge in [0, 0.05) is 30.2 Å². The summed E-state index contributed by atoms with van der Waals surface area (Å²) in [4.78, 5) is 12.3. The average Bonchev–Trinajstić information content (AvgIpc) is 2.97. The van der Waals surface area contributed by atoms with Gasteiger partial charge in [0.05, 0.1) is 12.7 Å². The first-order valence-corrected chi connectivity index (χ1v) is 7.75. The van der Waals surface area contributed by atoms with Crippen LogP contribution in [0.2, 0.25) is 5.02 Å². The quantitative estimate of drug-likeness (QED) is 0.942. The fourth-order valence-corrected chi connectivity index (χ4v) is 2.64. The predicted molar refractivity (Wildman–Crippen MR) is 85.0 cm³/mol. The van der Waals surface area contributed by atoms with Gasteiger partial charge >= 0.3 is 0 Å². The lowest BCUT2D eigenvalue weighted by Gasteiger charge is -2.21. The molecule has 5 nitrogen and oxygen atoms in total. The van der Waals surface area contributed by atoms with Crippen LogP contribution in [0, 0.1) is 5.92 Å². The number of carbonyl (C=O) groups is 1. The van der Waals surface area contributed by atoms with Gasteiger partial charge in [0.25, 0.3) is 0 Å². The Balaban J connectivity index is 1.66. The van der Waals surface area contributed by atoms with E-state index in [0.717, 1.165) is 18.4 Å². The van der Waals surface area contributed by atoms with Gasteiger partial charge in [-0.05, 0) is 30.5 Å². The van der Waals surface area contributed by atoms with E-state index in [1.165, 1.54) is 0 Å². The predicted octanol–water partition coefficient (Wildman–Crippen LogP) is 2.95. The van der Waals surface area contributed by atoms with E-state index in [-0.39, 0.29) is 11.8 Å². The molecule has 2 aromatic rings. The Hall–Kier alpha value is -1.85. The Morgan fingerprint density at radius 2 is 2.00 bits per heavy atom. The minimum Gasteiger partial charge on any atom is -0.381 e. The van der Waals surface area contributed by atoms with Crippen LogP contribution in [0.5, 0.6) is 0 Å². The third-order valence-electron chi connectivity index (χ3n) is 3.81. The van der Waals surface area contributed by atoms with Gasteiger partial charge in [-0.3, -0.25) is 4.79 Å². The zero-order valence-electron chi connectivity index (χ0n) is 12.2. The monoisotopic (exact) mass is 319 g/mol. The minimum atomic E-state index is 0.0210. The van der Waals surface area contributed by atoms with E-state index in [9.17, 15) is 4.79 Å². The second kappa shape index (κ2) is 6.94. The van der Waals surface area contributed by atoms with Crippen LogP contribution in [-0.2, 0) is 16.1 Å². The van der Waals surface area contributed by atoms with Crippen LogP contribution in [0.15, 0.2) is 36.5 Å². The number of benzene rings is 1. The lowest BCUT2D eigenvalue weighted by atomic mass is 9.99. The third kappa shape index (κ3) is 3.67. The maximum absolute atomic E-state index is 12.3. The summed E-state index contributed by atoms with van der Waals surface area (Å²) >= 11 is 5.89.